The highest BCUT2D eigenvalue weighted by Crippen LogP contribution is 2.31. The number of nitrogens with one attached hydrogen (secondary N) is 1. The largest absolute Gasteiger partial charge is 0.325 e. The number of hydrogen-bond acceptors (Lipinski definition) is 2. The molecule has 1 aliphatic carbocycles. The van der Waals surface area contributed by atoms with Gasteiger partial charge < -0.3 is 5.32 Å². The highest BCUT2D eigenvalue weighted by Gasteiger charge is 2.27. The summed E-state index contributed by atoms with van der Waals surface area (Å²) < 4.78 is 0. The first-order chi connectivity index (χ1) is 11.8. The molecule has 0 radical (unpaired) electrons. The number of carbonyl (C=O) groups excluding carboxylic acids is 1. The van der Waals surface area contributed by atoms with Gasteiger partial charge in [-0.2, -0.15) is 0 Å². The second-order valence-electron chi connectivity index (χ2n) is 6.92. The highest BCUT2D eigenvalue weighted by atomic mass is 16.2. The van der Waals surface area contributed by atoms with Crippen molar-refractivity contribution in [2.45, 2.75) is 38.1 Å². The molecule has 1 fully saturated rings. The Morgan fingerprint density at radius 3 is 2.75 bits per heavy atom. The summed E-state index contributed by atoms with van der Waals surface area (Å²) in [4.78, 5) is 14.8. The maximum Gasteiger partial charge on any atom is 0.238 e. The number of aryl methyl sites for hydroxylation is 2. The van der Waals surface area contributed by atoms with E-state index < -0.39 is 0 Å². The van der Waals surface area contributed by atoms with Crippen LogP contribution in [0, 0.1) is 0 Å². The van der Waals surface area contributed by atoms with Crippen LogP contribution >= 0.6 is 0 Å². The maximum absolute atomic E-state index is 12.5. The Morgan fingerprint density at radius 1 is 1.04 bits per heavy atom. The lowest BCUT2D eigenvalue weighted by Gasteiger charge is -2.24. The molecule has 1 amide bonds. The van der Waals surface area contributed by atoms with Crippen molar-refractivity contribution in [3.05, 3.63) is 65.2 Å². The number of benzene rings is 2. The van der Waals surface area contributed by atoms with E-state index in [9.17, 15) is 4.79 Å². The molecular weight excluding hydrogens is 296 g/mol. The van der Waals surface area contributed by atoms with Gasteiger partial charge in [-0.05, 0) is 67.5 Å². The number of rotatable bonds is 4. The Labute approximate surface area is 143 Å². The van der Waals surface area contributed by atoms with Gasteiger partial charge in [-0.15, -0.1) is 0 Å². The van der Waals surface area contributed by atoms with Crippen LogP contribution in [0.4, 0.5) is 5.69 Å². The Bertz CT molecular complexity index is 726. The van der Waals surface area contributed by atoms with Gasteiger partial charge in [0.25, 0.3) is 0 Å². The van der Waals surface area contributed by atoms with Gasteiger partial charge in [0.2, 0.25) is 5.91 Å². The molecule has 1 unspecified atom stereocenters. The van der Waals surface area contributed by atoms with Gasteiger partial charge in [0.1, 0.15) is 0 Å². The SMILES string of the molecule is O=C(CN1CCCC1c1ccccc1)Nc1ccc2c(c1)CCC2. The van der Waals surface area contributed by atoms with Crippen molar-refractivity contribution in [2.75, 3.05) is 18.4 Å². The Kier molecular flexibility index (Phi) is 4.35. The van der Waals surface area contributed by atoms with Crippen molar-refractivity contribution in [1.29, 1.82) is 0 Å². The molecule has 0 aromatic heterocycles. The van der Waals surface area contributed by atoms with E-state index in [1.165, 1.54) is 29.5 Å². The summed E-state index contributed by atoms with van der Waals surface area (Å²) in [5.41, 5.74) is 5.10. The van der Waals surface area contributed by atoms with Crippen LogP contribution in [0.1, 0.15) is 42.0 Å². The zero-order valence-electron chi connectivity index (χ0n) is 14.0. The van der Waals surface area contributed by atoms with E-state index in [1.54, 1.807) is 0 Å². The standard InChI is InChI=1S/C21H24N2O/c24-21(22-19-12-11-16-8-4-9-18(16)14-19)15-23-13-5-10-20(23)17-6-2-1-3-7-17/h1-3,6-7,11-12,14,20H,4-5,8-10,13,15H2,(H,22,24). The summed E-state index contributed by atoms with van der Waals surface area (Å²) in [7, 11) is 0. The molecular formula is C21H24N2O. The summed E-state index contributed by atoms with van der Waals surface area (Å²) in [5.74, 6) is 0.0933. The smallest absolute Gasteiger partial charge is 0.238 e. The van der Waals surface area contributed by atoms with E-state index in [1.807, 2.05) is 12.1 Å². The molecule has 1 N–H and O–H groups in total. The molecule has 0 bridgehead atoms. The van der Waals surface area contributed by atoms with Crippen molar-refractivity contribution in [2.24, 2.45) is 0 Å². The first-order valence-corrected chi connectivity index (χ1v) is 9.00. The Balaban J connectivity index is 1.40. The summed E-state index contributed by atoms with van der Waals surface area (Å²) >= 11 is 0. The molecule has 3 nitrogen and oxygen atoms in total. The molecule has 124 valence electrons. The molecule has 1 saturated heterocycles. The van der Waals surface area contributed by atoms with Gasteiger partial charge >= 0.3 is 0 Å². The second kappa shape index (κ2) is 6.78. The van der Waals surface area contributed by atoms with Gasteiger partial charge in [-0.1, -0.05) is 36.4 Å². The monoisotopic (exact) mass is 320 g/mol. The minimum Gasteiger partial charge on any atom is -0.325 e. The van der Waals surface area contributed by atoms with E-state index in [0.717, 1.165) is 31.5 Å². The minimum absolute atomic E-state index is 0.0933. The van der Waals surface area contributed by atoms with E-state index in [0.29, 0.717) is 12.6 Å². The Hall–Kier alpha value is -2.13. The van der Waals surface area contributed by atoms with Gasteiger partial charge in [0.15, 0.2) is 0 Å². The fourth-order valence-corrected chi connectivity index (χ4v) is 4.10. The van der Waals surface area contributed by atoms with Gasteiger partial charge in [-0.3, -0.25) is 9.69 Å². The number of fused-ring (bicyclic) bond motifs is 1. The lowest BCUT2D eigenvalue weighted by atomic mass is 10.0. The highest BCUT2D eigenvalue weighted by molar-refractivity contribution is 5.92. The van der Waals surface area contributed by atoms with Crippen molar-refractivity contribution in [3.8, 4) is 0 Å². The summed E-state index contributed by atoms with van der Waals surface area (Å²) in [5, 5.41) is 3.09. The van der Waals surface area contributed by atoms with Gasteiger partial charge in [-0.25, -0.2) is 0 Å². The van der Waals surface area contributed by atoms with Crippen LogP contribution in [0.2, 0.25) is 0 Å². The molecule has 2 aromatic carbocycles. The first-order valence-electron chi connectivity index (χ1n) is 9.00. The third-order valence-corrected chi connectivity index (χ3v) is 5.28. The molecule has 2 aliphatic rings. The zero-order chi connectivity index (χ0) is 16.4. The summed E-state index contributed by atoms with van der Waals surface area (Å²) in [6, 6.07) is 17.3. The average Bonchev–Trinajstić information content (AvgIpc) is 3.24. The van der Waals surface area contributed by atoms with E-state index in [-0.39, 0.29) is 5.91 Å². The van der Waals surface area contributed by atoms with Crippen LogP contribution in [0.3, 0.4) is 0 Å². The fraction of sp³-hybridized carbons (Fsp3) is 0.381. The number of anilines is 1. The van der Waals surface area contributed by atoms with E-state index in [2.05, 4.69) is 46.6 Å². The number of carbonyl (C=O) groups is 1. The third kappa shape index (κ3) is 3.22. The van der Waals surface area contributed by atoms with Crippen molar-refractivity contribution in [3.63, 3.8) is 0 Å². The molecule has 4 rings (SSSR count). The number of amides is 1. The normalized spacial score (nSPS) is 20.1. The molecule has 24 heavy (non-hydrogen) atoms. The number of hydrogen-bond donors (Lipinski definition) is 1. The van der Waals surface area contributed by atoms with Crippen molar-refractivity contribution < 1.29 is 4.79 Å². The summed E-state index contributed by atoms with van der Waals surface area (Å²) in [6.45, 7) is 1.47. The predicted molar refractivity (Wildman–Crippen MR) is 97.1 cm³/mol. The predicted octanol–water partition coefficient (Wildman–Crippen LogP) is 3.95. The van der Waals surface area contributed by atoms with Gasteiger partial charge in [0.05, 0.1) is 6.54 Å². The molecule has 1 atom stereocenters. The van der Waals surface area contributed by atoms with Crippen LogP contribution in [0.25, 0.3) is 0 Å². The topological polar surface area (TPSA) is 32.3 Å². The Morgan fingerprint density at radius 2 is 1.88 bits per heavy atom. The minimum atomic E-state index is 0.0933. The fourth-order valence-electron chi connectivity index (χ4n) is 4.10. The maximum atomic E-state index is 12.5. The van der Waals surface area contributed by atoms with Crippen LogP contribution in [-0.4, -0.2) is 23.9 Å². The van der Waals surface area contributed by atoms with Crippen LogP contribution in [0.5, 0.6) is 0 Å². The van der Waals surface area contributed by atoms with Crippen molar-refractivity contribution in [1.82, 2.24) is 4.90 Å². The van der Waals surface area contributed by atoms with E-state index >= 15 is 0 Å². The number of nitrogens with zero attached hydrogens (tertiary/aromatic N) is 1. The number of likely N-dealkylation sites (tertiary alicyclic amines) is 1. The molecule has 3 heteroatoms. The van der Waals surface area contributed by atoms with Crippen LogP contribution in [-0.2, 0) is 17.6 Å². The van der Waals surface area contributed by atoms with E-state index in [4.69, 9.17) is 0 Å². The second-order valence-corrected chi connectivity index (χ2v) is 6.92. The molecule has 1 aliphatic heterocycles. The molecule has 0 saturated carbocycles. The van der Waals surface area contributed by atoms with Crippen LogP contribution in [0.15, 0.2) is 48.5 Å². The zero-order valence-corrected chi connectivity index (χ0v) is 14.0. The average molecular weight is 320 g/mol. The quantitative estimate of drug-likeness (QED) is 0.925. The van der Waals surface area contributed by atoms with Gasteiger partial charge in [0, 0.05) is 11.7 Å². The molecule has 2 aromatic rings. The lowest BCUT2D eigenvalue weighted by molar-refractivity contribution is -0.117. The first kappa shape index (κ1) is 15.4. The molecule has 1 heterocycles. The van der Waals surface area contributed by atoms with Crippen molar-refractivity contribution >= 4 is 11.6 Å². The third-order valence-electron chi connectivity index (χ3n) is 5.28. The lowest BCUT2D eigenvalue weighted by Crippen LogP contribution is -2.32. The van der Waals surface area contributed by atoms with Crippen LogP contribution < -0.4 is 5.32 Å². The molecule has 0 spiro atoms. The summed E-state index contributed by atoms with van der Waals surface area (Å²) in [6.07, 6.45) is 5.85.